The van der Waals surface area contributed by atoms with Gasteiger partial charge < -0.3 is 9.84 Å². The Kier molecular flexibility index (Phi) is 5.53. The molecule has 0 aliphatic carbocycles. The zero-order chi connectivity index (χ0) is 18.7. The lowest BCUT2D eigenvalue weighted by Gasteiger charge is -2.12. The van der Waals surface area contributed by atoms with Crippen LogP contribution in [0.4, 0.5) is 0 Å². The Labute approximate surface area is 155 Å². The van der Waals surface area contributed by atoms with Gasteiger partial charge in [-0.25, -0.2) is 4.98 Å². The Morgan fingerprint density at radius 2 is 2.12 bits per heavy atom. The van der Waals surface area contributed by atoms with Gasteiger partial charge in [0.15, 0.2) is 10.9 Å². The molecule has 0 radical (unpaired) electrons. The first kappa shape index (κ1) is 18.3. The Morgan fingerprint density at radius 1 is 1.31 bits per heavy atom. The molecule has 0 bridgehead atoms. The fourth-order valence-electron chi connectivity index (χ4n) is 2.51. The smallest absolute Gasteiger partial charge is 0.256 e. The molecule has 3 aromatic rings. The Balaban J connectivity index is 1.59. The second-order valence-electron chi connectivity index (χ2n) is 6.02. The molecule has 0 saturated heterocycles. The number of ketones is 1. The number of aryl methyl sites for hydroxylation is 2. The summed E-state index contributed by atoms with van der Waals surface area (Å²) in [6, 6.07) is 8.88. The fourth-order valence-corrected chi connectivity index (χ4v) is 3.40. The number of carbonyl (C=O) groups is 1. The van der Waals surface area contributed by atoms with Gasteiger partial charge in [0.2, 0.25) is 0 Å². The molecule has 0 saturated carbocycles. The highest BCUT2D eigenvalue weighted by molar-refractivity contribution is 7.99. The molecule has 0 aliphatic heterocycles. The fraction of sp³-hybridized carbons (Fsp3) is 0.333. The molecular formula is C18H20N4O3S. The van der Waals surface area contributed by atoms with Gasteiger partial charge in [-0.3, -0.25) is 9.20 Å². The van der Waals surface area contributed by atoms with E-state index < -0.39 is 6.10 Å². The van der Waals surface area contributed by atoms with E-state index in [9.17, 15) is 9.90 Å². The molecule has 7 nitrogen and oxygen atoms in total. The van der Waals surface area contributed by atoms with Crippen LogP contribution in [0.3, 0.4) is 0 Å². The van der Waals surface area contributed by atoms with E-state index in [1.165, 1.54) is 18.7 Å². The highest BCUT2D eigenvalue weighted by Gasteiger charge is 2.13. The number of benzene rings is 1. The van der Waals surface area contributed by atoms with Crippen molar-refractivity contribution >= 4 is 23.3 Å². The van der Waals surface area contributed by atoms with Gasteiger partial charge in [0, 0.05) is 22.7 Å². The summed E-state index contributed by atoms with van der Waals surface area (Å²) < 4.78 is 7.45. The number of hydrogen-bond donors (Lipinski definition) is 1. The molecule has 2 aromatic heterocycles. The maximum atomic E-state index is 11.4. The van der Waals surface area contributed by atoms with Crippen LogP contribution in [0.5, 0.6) is 5.75 Å². The van der Waals surface area contributed by atoms with E-state index in [4.69, 9.17) is 4.74 Å². The lowest BCUT2D eigenvalue weighted by atomic mass is 10.1. The summed E-state index contributed by atoms with van der Waals surface area (Å²) in [7, 11) is 0. The number of nitrogens with zero attached hydrogens (tertiary/aromatic N) is 4. The van der Waals surface area contributed by atoms with Crippen LogP contribution in [0.15, 0.2) is 35.5 Å². The minimum absolute atomic E-state index is 0.0237. The second kappa shape index (κ2) is 7.84. The first-order valence-electron chi connectivity index (χ1n) is 8.18. The molecule has 136 valence electrons. The SMILES string of the molecule is CC(=O)c1cccc(OC[C@H](O)CSc2nnc3nc(C)cc(C)n23)c1. The summed E-state index contributed by atoms with van der Waals surface area (Å²) in [4.78, 5) is 15.7. The summed E-state index contributed by atoms with van der Waals surface area (Å²) in [5.74, 6) is 1.49. The normalized spacial score (nSPS) is 12.3. The third-order valence-electron chi connectivity index (χ3n) is 3.75. The average Bonchev–Trinajstić information content (AvgIpc) is 3.01. The maximum Gasteiger partial charge on any atom is 0.256 e. The van der Waals surface area contributed by atoms with E-state index in [1.807, 2.05) is 24.3 Å². The minimum atomic E-state index is -0.688. The predicted molar refractivity (Wildman–Crippen MR) is 98.9 cm³/mol. The van der Waals surface area contributed by atoms with E-state index in [0.717, 1.165) is 11.4 Å². The van der Waals surface area contributed by atoms with Crippen molar-refractivity contribution in [1.29, 1.82) is 0 Å². The number of fused-ring (bicyclic) bond motifs is 1. The topological polar surface area (TPSA) is 89.6 Å². The summed E-state index contributed by atoms with van der Waals surface area (Å²) >= 11 is 1.39. The summed E-state index contributed by atoms with van der Waals surface area (Å²) in [6.07, 6.45) is -0.688. The number of aliphatic hydroxyl groups is 1. The van der Waals surface area contributed by atoms with Crippen molar-refractivity contribution in [1.82, 2.24) is 19.6 Å². The maximum absolute atomic E-state index is 11.4. The molecule has 1 aromatic carbocycles. The van der Waals surface area contributed by atoms with Gasteiger partial charge in [-0.2, -0.15) is 0 Å². The number of hydrogen-bond acceptors (Lipinski definition) is 7. The van der Waals surface area contributed by atoms with Crippen LogP contribution in [0.2, 0.25) is 0 Å². The van der Waals surface area contributed by atoms with Gasteiger partial charge >= 0.3 is 0 Å². The van der Waals surface area contributed by atoms with Gasteiger partial charge in [-0.1, -0.05) is 23.9 Å². The minimum Gasteiger partial charge on any atom is -0.491 e. The zero-order valence-electron chi connectivity index (χ0n) is 14.8. The van der Waals surface area contributed by atoms with Crippen LogP contribution >= 0.6 is 11.8 Å². The largest absolute Gasteiger partial charge is 0.491 e. The Hall–Kier alpha value is -2.45. The third-order valence-corrected chi connectivity index (χ3v) is 4.82. The van der Waals surface area contributed by atoms with E-state index >= 15 is 0 Å². The highest BCUT2D eigenvalue weighted by Crippen LogP contribution is 2.20. The highest BCUT2D eigenvalue weighted by atomic mass is 32.2. The zero-order valence-corrected chi connectivity index (χ0v) is 15.7. The molecule has 8 heteroatoms. The van der Waals surface area contributed by atoms with E-state index in [0.29, 0.717) is 28.0 Å². The van der Waals surface area contributed by atoms with Crippen molar-refractivity contribution in [2.75, 3.05) is 12.4 Å². The molecule has 1 N–H and O–H groups in total. The van der Waals surface area contributed by atoms with Gasteiger partial charge in [0.05, 0.1) is 6.10 Å². The number of ether oxygens (including phenoxy) is 1. The van der Waals surface area contributed by atoms with Crippen molar-refractivity contribution in [2.45, 2.75) is 32.0 Å². The molecule has 3 rings (SSSR count). The van der Waals surface area contributed by atoms with E-state index in [2.05, 4.69) is 15.2 Å². The van der Waals surface area contributed by atoms with Gasteiger partial charge in [-0.05, 0) is 39.0 Å². The summed E-state index contributed by atoms with van der Waals surface area (Å²) in [5.41, 5.74) is 2.46. The number of Topliss-reactive ketones (excluding diaryl/α,β-unsaturated/α-hetero) is 1. The molecule has 26 heavy (non-hydrogen) atoms. The molecule has 0 aliphatic rings. The quantitative estimate of drug-likeness (QED) is 0.503. The number of aliphatic hydroxyl groups excluding tert-OH is 1. The van der Waals surface area contributed by atoms with Crippen molar-refractivity contribution in [3.8, 4) is 5.75 Å². The first-order valence-corrected chi connectivity index (χ1v) is 9.16. The molecular weight excluding hydrogens is 352 g/mol. The monoisotopic (exact) mass is 372 g/mol. The molecule has 2 heterocycles. The summed E-state index contributed by atoms with van der Waals surface area (Å²) in [6.45, 7) is 5.51. The van der Waals surface area contributed by atoms with E-state index in [1.54, 1.807) is 24.3 Å². The van der Waals surface area contributed by atoms with Crippen molar-refractivity contribution in [3.05, 3.63) is 47.3 Å². The van der Waals surface area contributed by atoms with Crippen LogP contribution in [-0.4, -0.2) is 48.9 Å². The third kappa shape index (κ3) is 4.20. The number of aromatic nitrogens is 4. The number of rotatable bonds is 7. The van der Waals surface area contributed by atoms with Gasteiger partial charge in [0.25, 0.3) is 5.78 Å². The van der Waals surface area contributed by atoms with Crippen molar-refractivity contribution < 1.29 is 14.6 Å². The second-order valence-corrected chi connectivity index (χ2v) is 7.00. The number of carbonyl (C=O) groups excluding carboxylic acids is 1. The van der Waals surface area contributed by atoms with Gasteiger partial charge in [0.1, 0.15) is 12.4 Å². The molecule has 0 unspecified atom stereocenters. The van der Waals surface area contributed by atoms with Crippen LogP contribution in [0.25, 0.3) is 5.78 Å². The summed E-state index contributed by atoms with van der Waals surface area (Å²) in [5, 5.41) is 19.1. The Morgan fingerprint density at radius 3 is 2.88 bits per heavy atom. The lowest BCUT2D eigenvalue weighted by molar-refractivity contribution is 0.101. The predicted octanol–water partition coefficient (Wildman–Crippen LogP) is 2.48. The molecule has 0 spiro atoms. The van der Waals surface area contributed by atoms with Crippen LogP contribution < -0.4 is 4.74 Å². The van der Waals surface area contributed by atoms with Gasteiger partial charge in [-0.15, -0.1) is 10.2 Å². The van der Waals surface area contributed by atoms with Crippen LogP contribution in [-0.2, 0) is 0 Å². The van der Waals surface area contributed by atoms with E-state index in [-0.39, 0.29) is 12.4 Å². The average molecular weight is 372 g/mol. The first-order chi connectivity index (χ1) is 12.4. The Bertz CT molecular complexity index is 941. The van der Waals surface area contributed by atoms with Crippen LogP contribution in [0.1, 0.15) is 28.7 Å². The standard InChI is InChI=1S/C18H20N4O3S/c1-11-7-12(2)22-17(19-11)20-21-18(22)26-10-15(24)9-25-16-6-4-5-14(8-16)13(3)23/h4-8,15,24H,9-10H2,1-3H3/t15-/m0/s1. The molecule has 0 fully saturated rings. The van der Waals surface area contributed by atoms with Crippen LogP contribution in [0, 0.1) is 13.8 Å². The van der Waals surface area contributed by atoms with Crippen molar-refractivity contribution in [3.63, 3.8) is 0 Å². The molecule has 1 atom stereocenters. The molecule has 0 amide bonds. The lowest BCUT2D eigenvalue weighted by Crippen LogP contribution is -2.20. The number of thioether (sulfide) groups is 1. The van der Waals surface area contributed by atoms with Crippen molar-refractivity contribution in [2.24, 2.45) is 0 Å².